The summed E-state index contributed by atoms with van der Waals surface area (Å²) in [6.07, 6.45) is 2.25. The normalized spacial score (nSPS) is 17.5. The Balaban J connectivity index is 1.32. The number of amides is 1. The molecule has 1 unspecified atom stereocenters. The van der Waals surface area contributed by atoms with Crippen LogP contribution in [0.3, 0.4) is 0 Å². The van der Waals surface area contributed by atoms with Gasteiger partial charge in [0.15, 0.2) is 12.4 Å². The molecule has 1 amide bonds. The van der Waals surface area contributed by atoms with Crippen LogP contribution in [0.25, 0.3) is 0 Å². The van der Waals surface area contributed by atoms with Crippen LogP contribution in [0.1, 0.15) is 19.2 Å². The predicted molar refractivity (Wildman–Crippen MR) is 111 cm³/mol. The minimum Gasteiger partial charge on any atom is -0.484 e. The number of carbonyl (C=O) groups excluding carboxylic acids is 1. The minimum atomic E-state index is -0.616. The molecule has 3 aromatic rings. The minimum absolute atomic E-state index is 0.0165. The number of para-hydroxylation sites is 1. The van der Waals surface area contributed by atoms with Crippen molar-refractivity contribution in [1.29, 1.82) is 0 Å². The number of hydrogen-bond donors (Lipinski definition) is 1. The van der Waals surface area contributed by atoms with Gasteiger partial charge in [-0.05, 0) is 37.3 Å². The molecule has 7 nitrogen and oxygen atoms in total. The van der Waals surface area contributed by atoms with Gasteiger partial charge in [-0.15, -0.1) is 5.10 Å². The van der Waals surface area contributed by atoms with Crippen molar-refractivity contribution in [2.45, 2.75) is 18.8 Å². The lowest BCUT2D eigenvalue weighted by Gasteiger charge is -2.33. The highest BCUT2D eigenvalue weighted by Gasteiger charge is 2.40. The average molecular weight is 464 g/mol. The zero-order valence-electron chi connectivity index (χ0n) is 16.2. The second-order valence-electron chi connectivity index (χ2n) is 7.08. The Labute approximate surface area is 186 Å². The van der Waals surface area contributed by atoms with Crippen molar-refractivity contribution in [3.63, 3.8) is 0 Å². The summed E-state index contributed by atoms with van der Waals surface area (Å²) in [4.78, 5) is 12.1. The number of rotatable bonds is 7. The van der Waals surface area contributed by atoms with Gasteiger partial charge in [-0.25, -0.2) is 4.39 Å². The molecule has 2 aromatic carbocycles. The van der Waals surface area contributed by atoms with Crippen molar-refractivity contribution >= 4 is 29.1 Å². The van der Waals surface area contributed by atoms with E-state index in [0.717, 1.165) is 6.07 Å². The maximum Gasteiger partial charge on any atom is 0.420 e. The average Bonchev–Trinajstić information content (AvgIpc) is 3.18. The number of nitrogens with one attached hydrogen (secondary N) is 1. The lowest BCUT2D eigenvalue weighted by atomic mass is 9.75. The van der Waals surface area contributed by atoms with Crippen LogP contribution in [0.2, 0.25) is 10.0 Å². The zero-order chi connectivity index (χ0) is 22.0. The smallest absolute Gasteiger partial charge is 0.420 e. The molecule has 0 aliphatic heterocycles. The first kappa shape index (κ1) is 21.1. The fourth-order valence-corrected chi connectivity index (χ4v) is 3.29. The molecule has 0 saturated carbocycles. The Kier molecular flexibility index (Phi) is 5.84. The molecular weight excluding hydrogens is 448 g/mol. The second-order valence-corrected chi connectivity index (χ2v) is 7.90. The predicted octanol–water partition coefficient (Wildman–Crippen LogP) is 5.05. The third kappa shape index (κ3) is 4.81. The fourth-order valence-electron chi connectivity index (χ4n) is 3.00. The standard InChI is InChI=1S/C21H16Cl2FN3O4/c1-21(19-26-27-20(31-19)30-17-5-3-2-4-15(17)23)9-12(10-21)25-18(28)11-29-13-6-7-14(22)16(24)8-13/h2-9H,10-11H2,1H3,(H,25,28). The first-order chi connectivity index (χ1) is 14.8. The van der Waals surface area contributed by atoms with Crippen molar-refractivity contribution in [3.05, 3.63) is 76.0 Å². The van der Waals surface area contributed by atoms with Gasteiger partial charge in [0, 0.05) is 18.2 Å². The second kappa shape index (κ2) is 8.56. The first-order valence-electron chi connectivity index (χ1n) is 9.18. The molecule has 0 fully saturated rings. The molecule has 0 bridgehead atoms. The Morgan fingerprint density at radius 3 is 2.74 bits per heavy atom. The molecule has 0 radical (unpaired) electrons. The monoisotopic (exact) mass is 463 g/mol. The van der Waals surface area contributed by atoms with Crippen molar-refractivity contribution in [1.82, 2.24) is 15.5 Å². The van der Waals surface area contributed by atoms with Gasteiger partial charge in [-0.1, -0.05) is 40.4 Å². The highest BCUT2D eigenvalue weighted by atomic mass is 35.5. The van der Waals surface area contributed by atoms with Gasteiger partial charge in [0.25, 0.3) is 5.91 Å². The molecule has 1 aliphatic carbocycles. The van der Waals surface area contributed by atoms with Crippen LogP contribution in [0.5, 0.6) is 17.6 Å². The van der Waals surface area contributed by atoms with Gasteiger partial charge in [0.2, 0.25) is 5.89 Å². The first-order valence-corrected chi connectivity index (χ1v) is 9.94. The lowest BCUT2D eigenvalue weighted by Crippen LogP contribution is -2.39. The van der Waals surface area contributed by atoms with Crippen LogP contribution >= 0.6 is 23.2 Å². The summed E-state index contributed by atoms with van der Waals surface area (Å²) < 4.78 is 29.8. The maximum absolute atomic E-state index is 13.4. The quantitative estimate of drug-likeness (QED) is 0.527. The summed E-state index contributed by atoms with van der Waals surface area (Å²) in [6, 6.07) is 10.9. The van der Waals surface area contributed by atoms with E-state index in [-0.39, 0.29) is 29.4 Å². The summed E-state index contributed by atoms with van der Waals surface area (Å²) in [5, 5.41) is 11.1. The molecular formula is C21H16Cl2FN3O4. The van der Waals surface area contributed by atoms with E-state index in [1.54, 1.807) is 30.3 Å². The molecule has 0 spiro atoms. The van der Waals surface area contributed by atoms with Crippen LogP contribution < -0.4 is 14.8 Å². The number of benzene rings is 2. The molecule has 4 rings (SSSR count). The van der Waals surface area contributed by atoms with Crippen LogP contribution in [-0.4, -0.2) is 22.7 Å². The van der Waals surface area contributed by atoms with Gasteiger partial charge in [-0.3, -0.25) is 4.79 Å². The zero-order valence-corrected chi connectivity index (χ0v) is 17.7. The summed E-state index contributed by atoms with van der Waals surface area (Å²) in [6.45, 7) is 1.62. The SMILES string of the molecule is CC1(c2nnc(Oc3ccccc3Cl)o2)C=C(NC(=O)COc2ccc(Cl)c(F)c2)C1. The Hall–Kier alpha value is -3.10. The van der Waals surface area contributed by atoms with Gasteiger partial charge in [0.05, 0.1) is 15.5 Å². The number of aromatic nitrogens is 2. The van der Waals surface area contributed by atoms with Crippen molar-refractivity contribution in [2.75, 3.05) is 6.61 Å². The third-order valence-corrected chi connectivity index (χ3v) is 5.16. The topological polar surface area (TPSA) is 86.5 Å². The molecule has 0 saturated heterocycles. The van der Waals surface area contributed by atoms with Gasteiger partial charge >= 0.3 is 6.08 Å². The van der Waals surface area contributed by atoms with Crippen molar-refractivity contribution in [2.24, 2.45) is 0 Å². The highest BCUT2D eigenvalue weighted by molar-refractivity contribution is 6.32. The maximum atomic E-state index is 13.4. The Bertz CT molecular complexity index is 1170. The van der Waals surface area contributed by atoms with E-state index in [1.165, 1.54) is 12.1 Å². The molecule has 10 heteroatoms. The van der Waals surface area contributed by atoms with Gasteiger partial charge in [-0.2, -0.15) is 0 Å². The Morgan fingerprint density at radius 1 is 1.23 bits per heavy atom. The molecule has 1 heterocycles. The van der Waals surface area contributed by atoms with Crippen LogP contribution in [0.4, 0.5) is 4.39 Å². The molecule has 1 aromatic heterocycles. The van der Waals surface area contributed by atoms with E-state index in [4.69, 9.17) is 37.1 Å². The summed E-state index contributed by atoms with van der Waals surface area (Å²) in [5.74, 6) is -0.0320. The molecule has 1 atom stereocenters. The number of nitrogens with zero attached hydrogens (tertiary/aromatic N) is 2. The summed E-state index contributed by atoms with van der Waals surface area (Å²) in [7, 11) is 0. The molecule has 160 valence electrons. The van der Waals surface area contributed by atoms with E-state index in [0.29, 0.717) is 28.8 Å². The number of ether oxygens (including phenoxy) is 2. The van der Waals surface area contributed by atoms with E-state index in [1.807, 2.05) is 6.92 Å². The highest BCUT2D eigenvalue weighted by Crippen LogP contribution is 2.41. The number of allylic oxidation sites excluding steroid dienone is 2. The number of carbonyl (C=O) groups is 1. The number of halogens is 3. The van der Waals surface area contributed by atoms with Crippen molar-refractivity contribution < 1.29 is 23.1 Å². The molecule has 1 aliphatic rings. The van der Waals surface area contributed by atoms with Crippen LogP contribution in [0.15, 0.2) is 58.7 Å². The Morgan fingerprint density at radius 2 is 2.00 bits per heavy atom. The summed E-state index contributed by atoms with van der Waals surface area (Å²) >= 11 is 11.7. The largest absolute Gasteiger partial charge is 0.484 e. The van der Waals surface area contributed by atoms with Crippen LogP contribution in [-0.2, 0) is 10.2 Å². The van der Waals surface area contributed by atoms with Gasteiger partial charge < -0.3 is 19.2 Å². The van der Waals surface area contributed by atoms with Crippen molar-refractivity contribution in [3.8, 4) is 17.6 Å². The van der Waals surface area contributed by atoms with Crippen LogP contribution in [0, 0.1) is 5.82 Å². The van der Waals surface area contributed by atoms with E-state index < -0.39 is 11.2 Å². The molecule has 1 N–H and O–H groups in total. The van der Waals surface area contributed by atoms with E-state index in [9.17, 15) is 9.18 Å². The third-order valence-electron chi connectivity index (χ3n) is 4.54. The van der Waals surface area contributed by atoms with Gasteiger partial charge in [0.1, 0.15) is 11.6 Å². The van der Waals surface area contributed by atoms with E-state index >= 15 is 0 Å². The van der Waals surface area contributed by atoms with E-state index in [2.05, 4.69) is 15.5 Å². The number of hydrogen-bond acceptors (Lipinski definition) is 6. The fraction of sp³-hybridized carbons (Fsp3) is 0.190. The summed E-state index contributed by atoms with van der Waals surface area (Å²) in [5.41, 5.74) is 0.142. The lowest BCUT2D eigenvalue weighted by molar-refractivity contribution is -0.122. The molecule has 31 heavy (non-hydrogen) atoms.